The van der Waals surface area contributed by atoms with Crippen LogP contribution in [-0.4, -0.2) is 6.04 Å². The van der Waals surface area contributed by atoms with Gasteiger partial charge in [-0.05, 0) is 18.8 Å². The highest BCUT2D eigenvalue weighted by atomic mass is 15.2. The van der Waals surface area contributed by atoms with Gasteiger partial charge in [-0.1, -0.05) is 72.1 Å². The molecule has 0 aromatic rings. The third-order valence-corrected chi connectivity index (χ3v) is 3.61. The summed E-state index contributed by atoms with van der Waals surface area (Å²) in [5.41, 5.74) is 2.99. The molecule has 2 unspecified atom stereocenters. The highest BCUT2D eigenvalue weighted by molar-refractivity contribution is 4.67. The van der Waals surface area contributed by atoms with Crippen molar-refractivity contribution in [3.8, 4) is 0 Å². The van der Waals surface area contributed by atoms with Crippen molar-refractivity contribution in [1.82, 2.24) is 5.43 Å². The molecule has 2 heteroatoms. The van der Waals surface area contributed by atoms with E-state index in [0.29, 0.717) is 6.04 Å². The third kappa shape index (κ3) is 10.8. The number of unbranched alkanes of at least 4 members (excludes halogenated alkanes) is 5. The van der Waals surface area contributed by atoms with Crippen molar-refractivity contribution in [2.75, 3.05) is 0 Å². The van der Waals surface area contributed by atoms with Gasteiger partial charge in [0.25, 0.3) is 0 Å². The van der Waals surface area contributed by atoms with Gasteiger partial charge in [0.05, 0.1) is 0 Å². The van der Waals surface area contributed by atoms with E-state index >= 15 is 0 Å². The Morgan fingerprint density at radius 2 is 1.53 bits per heavy atom. The van der Waals surface area contributed by atoms with Crippen LogP contribution in [0.5, 0.6) is 0 Å². The van der Waals surface area contributed by atoms with Crippen LogP contribution in [-0.2, 0) is 0 Å². The molecule has 0 rings (SSSR count). The second kappa shape index (κ2) is 12.4. The molecule has 0 radical (unpaired) electrons. The number of nitrogens with two attached hydrogens (primary N) is 1. The normalized spacial score (nSPS) is 14.8. The zero-order valence-corrected chi connectivity index (χ0v) is 12.3. The average molecular weight is 242 g/mol. The van der Waals surface area contributed by atoms with Crippen LogP contribution >= 0.6 is 0 Å². The quantitative estimate of drug-likeness (QED) is 0.302. The number of hydrogen-bond donors (Lipinski definition) is 2. The Labute approximate surface area is 109 Å². The van der Waals surface area contributed by atoms with Crippen LogP contribution in [0.3, 0.4) is 0 Å². The molecule has 17 heavy (non-hydrogen) atoms. The fourth-order valence-corrected chi connectivity index (χ4v) is 2.54. The summed E-state index contributed by atoms with van der Waals surface area (Å²) in [5.74, 6) is 6.44. The smallest absolute Gasteiger partial charge is 0.0213 e. The van der Waals surface area contributed by atoms with E-state index in [2.05, 4.69) is 26.2 Å². The van der Waals surface area contributed by atoms with Crippen molar-refractivity contribution < 1.29 is 0 Å². The Morgan fingerprint density at radius 1 is 0.882 bits per heavy atom. The van der Waals surface area contributed by atoms with Crippen LogP contribution in [0.2, 0.25) is 0 Å². The number of rotatable bonds is 12. The summed E-state index contributed by atoms with van der Waals surface area (Å²) < 4.78 is 0. The molecular formula is C15H34N2. The molecule has 0 saturated heterocycles. The Kier molecular flexibility index (Phi) is 12.3. The van der Waals surface area contributed by atoms with Crippen LogP contribution in [0.4, 0.5) is 0 Å². The molecule has 0 spiro atoms. The maximum Gasteiger partial charge on any atom is 0.0213 e. The molecule has 0 aliphatic rings. The van der Waals surface area contributed by atoms with Crippen molar-refractivity contribution in [3.63, 3.8) is 0 Å². The number of hydrogen-bond acceptors (Lipinski definition) is 2. The SMILES string of the molecule is CCCCCCCCC(CC(C)CCC)NN. The van der Waals surface area contributed by atoms with E-state index in [9.17, 15) is 0 Å². The lowest BCUT2D eigenvalue weighted by Crippen LogP contribution is -2.36. The summed E-state index contributed by atoms with van der Waals surface area (Å²) in [7, 11) is 0. The Bertz CT molecular complexity index is 148. The molecule has 0 aliphatic heterocycles. The first-order valence-electron chi connectivity index (χ1n) is 7.70. The maximum absolute atomic E-state index is 5.63. The first-order valence-corrected chi connectivity index (χ1v) is 7.70. The first-order chi connectivity index (χ1) is 8.24. The highest BCUT2D eigenvalue weighted by Gasteiger charge is 2.10. The molecule has 104 valence electrons. The van der Waals surface area contributed by atoms with Crippen LogP contribution in [0, 0.1) is 5.92 Å². The minimum absolute atomic E-state index is 0.530. The Balaban J connectivity index is 3.47. The zero-order valence-electron chi connectivity index (χ0n) is 12.3. The van der Waals surface area contributed by atoms with Crippen molar-refractivity contribution in [3.05, 3.63) is 0 Å². The molecular weight excluding hydrogens is 208 g/mol. The minimum Gasteiger partial charge on any atom is -0.271 e. The minimum atomic E-state index is 0.530. The van der Waals surface area contributed by atoms with E-state index in [1.165, 1.54) is 64.2 Å². The summed E-state index contributed by atoms with van der Waals surface area (Å²) in [4.78, 5) is 0. The van der Waals surface area contributed by atoms with Gasteiger partial charge in [-0.15, -0.1) is 0 Å². The van der Waals surface area contributed by atoms with E-state index in [-0.39, 0.29) is 0 Å². The molecule has 0 bridgehead atoms. The van der Waals surface area contributed by atoms with E-state index in [4.69, 9.17) is 5.84 Å². The van der Waals surface area contributed by atoms with Crippen molar-refractivity contribution in [2.24, 2.45) is 11.8 Å². The fraction of sp³-hybridized carbons (Fsp3) is 1.00. The molecule has 0 amide bonds. The lowest BCUT2D eigenvalue weighted by molar-refractivity contribution is 0.361. The summed E-state index contributed by atoms with van der Waals surface area (Å²) in [6, 6.07) is 0.530. The van der Waals surface area contributed by atoms with Gasteiger partial charge in [-0.25, -0.2) is 0 Å². The fourth-order valence-electron chi connectivity index (χ4n) is 2.54. The van der Waals surface area contributed by atoms with Crippen molar-refractivity contribution >= 4 is 0 Å². The van der Waals surface area contributed by atoms with Gasteiger partial charge >= 0.3 is 0 Å². The predicted molar refractivity (Wildman–Crippen MR) is 77.8 cm³/mol. The largest absolute Gasteiger partial charge is 0.271 e. The molecule has 2 nitrogen and oxygen atoms in total. The van der Waals surface area contributed by atoms with Crippen LogP contribution in [0.25, 0.3) is 0 Å². The first kappa shape index (κ1) is 16.9. The lowest BCUT2D eigenvalue weighted by Gasteiger charge is -2.19. The Hall–Kier alpha value is -0.0800. The van der Waals surface area contributed by atoms with Crippen molar-refractivity contribution in [2.45, 2.75) is 91.0 Å². The molecule has 0 fully saturated rings. The molecule has 2 atom stereocenters. The predicted octanol–water partition coefficient (Wildman–Crippen LogP) is 4.40. The van der Waals surface area contributed by atoms with Gasteiger partial charge in [0.2, 0.25) is 0 Å². The molecule has 0 saturated carbocycles. The van der Waals surface area contributed by atoms with Gasteiger partial charge < -0.3 is 0 Å². The number of hydrazine groups is 1. The third-order valence-electron chi connectivity index (χ3n) is 3.61. The average Bonchev–Trinajstić information content (AvgIpc) is 2.32. The van der Waals surface area contributed by atoms with Crippen molar-refractivity contribution in [1.29, 1.82) is 0 Å². The molecule has 0 heterocycles. The lowest BCUT2D eigenvalue weighted by atomic mass is 9.94. The van der Waals surface area contributed by atoms with Gasteiger partial charge in [0.15, 0.2) is 0 Å². The summed E-state index contributed by atoms with van der Waals surface area (Å²) >= 11 is 0. The second-order valence-electron chi connectivity index (χ2n) is 5.55. The van der Waals surface area contributed by atoms with Crippen LogP contribution in [0.1, 0.15) is 85.0 Å². The molecule has 0 aromatic carbocycles. The molecule has 3 N–H and O–H groups in total. The summed E-state index contributed by atoms with van der Waals surface area (Å²) in [6.45, 7) is 6.87. The van der Waals surface area contributed by atoms with E-state index < -0.39 is 0 Å². The second-order valence-corrected chi connectivity index (χ2v) is 5.55. The molecule has 0 aliphatic carbocycles. The number of nitrogens with one attached hydrogen (secondary N) is 1. The zero-order chi connectivity index (χ0) is 12.9. The standard InChI is InChI=1S/C15H34N2/c1-4-6-7-8-9-10-12-15(17-16)13-14(3)11-5-2/h14-15,17H,4-13,16H2,1-3H3. The van der Waals surface area contributed by atoms with Crippen LogP contribution < -0.4 is 11.3 Å². The Morgan fingerprint density at radius 3 is 2.12 bits per heavy atom. The maximum atomic E-state index is 5.63. The van der Waals surface area contributed by atoms with E-state index in [0.717, 1.165) is 5.92 Å². The highest BCUT2D eigenvalue weighted by Crippen LogP contribution is 2.16. The summed E-state index contributed by atoms with van der Waals surface area (Å²) in [5, 5.41) is 0. The van der Waals surface area contributed by atoms with Crippen LogP contribution in [0.15, 0.2) is 0 Å². The topological polar surface area (TPSA) is 38.0 Å². The monoisotopic (exact) mass is 242 g/mol. The van der Waals surface area contributed by atoms with Gasteiger partial charge in [-0.2, -0.15) is 0 Å². The van der Waals surface area contributed by atoms with E-state index in [1.54, 1.807) is 0 Å². The van der Waals surface area contributed by atoms with Gasteiger partial charge in [0.1, 0.15) is 0 Å². The van der Waals surface area contributed by atoms with Gasteiger partial charge in [0, 0.05) is 6.04 Å². The molecule has 0 aromatic heterocycles. The van der Waals surface area contributed by atoms with Gasteiger partial charge in [-0.3, -0.25) is 11.3 Å². The summed E-state index contributed by atoms with van der Waals surface area (Å²) in [6.07, 6.45) is 13.3. The van der Waals surface area contributed by atoms with E-state index in [1.807, 2.05) is 0 Å².